The van der Waals surface area contributed by atoms with Crippen LogP contribution in [0.25, 0.3) is 22.4 Å². The van der Waals surface area contributed by atoms with Gasteiger partial charge in [-0.15, -0.1) is 0 Å². The molecule has 2 heteroatoms. The Bertz CT molecular complexity index is 678. The second-order valence-corrected chi connectivity index (χ2v) is 4.61. The molecule has 0 spiro atoms. The molecule has 0 saturated carbocycles. The van der Waals surface area contributed by atoms with Crippen LogP contribution in [-0.2, 0) is 7.05 Å². The summed E-state index contributed by atoms with van der Waals surface area (Å²) in [5, 5.41) is 0. The minimum Gasteiger partial charge on any atom is -1.00 e. The summed E-state index contributed by atoms with van der Waals surface area (Å²) in [6.45, 7) is 0. The summed E-state index contributed by atoms with van der Waals surface area (Å²) in [7, 11) is 2.09. The smallest absolute Gasteiger partial charge is 0.220 e. The first-order valence-electron chi connectivity index (χ1n) is 6.46. The van der Waals surface area contributed by atoms with Crippen molar-refractivity contribution in [3.63, 3.8) is 0 Å². The Labute approximate surface area is 130 Å². The fraction of sp³-hybridized carbons (Fsp3) is 0.0556. The molecule has 0 radical (unpaired) electrons. The van der Waals surface area contributed by atoms with Crippen molar-refractivity contribution < 1.29 is 21.5 Å². The zero-order valence-corrected chi connectivity index (χ0v) is 12.9. The van der Waals surface area contributed by atoms with E-state index >= 15 is 0 Å². The van der Waals surface area contributed by atoms with Gasteiger partial charge in [0.15, 0.2) is 6.20 Å². The van der Waals surface area contributed by atoms with E-state index in [1.165, 1.54) is 22.4 Å². The van der Waals surface area contributed by atoms with Crippen LogP contribution in [0.3, 0.4) is 0 Å². The van der Waals surface area contributed by atoms with Crippen LogP contribution in [0.15, 0.2) is 79.0 Å². The SMILES string of the molecule is C[n+]1cccc(-c2ccccc2)c1-c1ccccc1.[Br-]. The predicted molar refractivity (Wildman–Crippen MR) is 78.5 cm³/mol. The lowest BCUT2D eigenvalue weighted by Crippen LogP contribution is -3.00. The van der Waals surface area contributed by atoms with E-state index in [1.807, 2.05) is 0 Å². The van der Waals surface area contributed by atoms with Crippen LogP contribution in [0.2, 0.25) is 0 Å². The predicted octanol–water partition coefficient (Wildman–Crippen LogP) is 0.849. The Morgan fingerprint density at radius 1 is 0.650 bits per heavy atom. The summed E-state index contributed by atoms with van der Waals surface area (Å²) in [6, 6.07) is 25.3. The highest BCUT2D eigenvalue weighted by Gasteiger charge is 2.16. The summed E-state index contributed by atoms with van der Waals surface area (Å²) in [6.07, 6.45) is 2.09. The van der Waals surface area contributed by atoms with Gasteiger partial charge in [-0.3, -0.25) is 0 Å². The van der Waals surface area contributed by atoms with Crippen LogP contribution in [-0.4, -0.2) is 0 Å². The van der Waals surface area contributed by atoms with Crippen LogP contribution in [0.4, 0.5) is 0 Å². The summed E-state index contributed by atoms with van der Waals surface area (Å²) >= 11 is 0. The highest BCUT2D eigenvalue weighted by atomic mass is 79.9. The molecule has 2 aromatic carbocycles. The Morgan fingerprint density at radius 2 is 1.20 bits per heavy atom. The van der Waals surface area contributed by atoms with Gasteiger partial charge < -0.3 is 17.0 Å². The van der Waals surface area contributed by atoms with Gasteiger partial charge in [0.2, 0.25) is 5.69 Å². The van der Waals surface area contributed by atoms with Gasteiger partial charge in [-0.2, -0.15) is 0 Å². The second kappa shape index (κ2) is 6.49. The van der Waals surface area contributed by atoms with Crippen molar-refractivity contribution in [3.8, 4) is 22.4 Å². The summed E-state index contributed by atoms with van der Waals surface area (Å²) in [4.78, 5) is 0. The minimum absolute atomic E-state index is 0. The van der Waals surface area contributed by atoms with Gasteiger partial charge in [0.25, 0.3) is 0 Å². The van der Waals surface area contributed by atoms with Crippen LogP contribution in [0, 0.1) is 0 Å². The maximum absolute atomic E-state index is 2.18. The van der Waals surface area contributed by atoms with Crippen LogP contribution < -0.4 is 21.5 Å². The Hall–Kier alpha value is -1.93. The van der Waals surface area contributed by atoms with Crippen molar-refractivity contribution in [2.75, 3.05) is 0 Å². The minimum atomic E-state index is 0. The third kappa shape index (κ3) is 2.81. The third-order valence-electron chi connectivity index (χ3n) is 3.31. The van der Waals surface area contributed by atoms with Gasteiger partial charge >= 0.3 is 0 Å². The van der Waals surface area contributed by atoms with Gasteiger partial charge in [-0.1, -0.05) is 48.5 Å². The molecule has 0 saturated heterocycles. The van der Waals surface area contributed by atoms with E-state index in [-0.39, 0.29) is 17.0 Å². The van der Waals surface area contributed by atoms with E-state index in [9.17, 15) is 0 Å². The molecule has 0 bridgehead atoms. The number of rotatable bonds is 2. The van der Waals surface area contributed by atoms with E-state index in [2.05, 4.69) is 90.6 Å². The quantitative estimate of drug-likeness (QED) is 0.615. The lowest BCUT2D eigenvalue weighted by molar-refractivity contribution is -0.660. The van der Waals surface area contributed by atoms with Crippen LogP contribution >= 0.6 is 0 Å². The largest absolute Gasteiger partial charge is 1.00 e. The van der Waals surface area contributed by atoms with Crippen molar-refractivity contribution in [2.24, 2.45) is 7.05 Å². The molecule has 3 aromatic rings. The van der Waals surface area contributed by atoms with Crippen molar-refractivity contribution >= 4 is 0 Å². The molecule has 3 rings (SSSR count). The number of halogens is 1. The van der Waals surface area contributed by atoms with E-state index in [0.717, 1.165) is 0 Å². The standard InChI is InChI=1S/C18H16N.BrH/c1-19-14-8-13-17(15-9-4-2-5-10-15)18(19)16-11-6-3-7-12-16;/h2-14H,1H3;1H/q+1;/p-1. The Morgan fingerprint density at radius 3 is 1.80 bits per heavy atom. The Kier molecular flexibility index (Phi) is 4.70. The van der Waals surface area contributed by atoms with Crippen molar-refractivity contribution in [1.29, 1.82) is 0 Å². The first-order valence-corrected chi connectivity index (χ1v) is 6.46. The molecular formula is C18H16BrN. The van der Waals surface area contributed by atoms with E-state index in [1.54, 1.807) is 0 Å². The average molecular weight is 326 g/mol. The highest BCUT2D eigenvalue weighted by molar-refractivity contribution is 5.78. The zero-order chi connectivity index (χ0) is 13.1. The molecule has 0 fully saturated rings. The van der Waals surface area contributed by atoms with Crippen molar-refractivity contribution in [1.82, 2.24) is 0 Å². The number of nitrogens with zero attached hydrogens (tertiary/aromatic N) is 1. The van der Waals surface area contributed by atoms with Gasteiger partial charge in [0, 0.05) is 11.6 Å². The molecule has 0 aliphatic carbocycles. The normalized spacial score (nSPS) is 9.85. The molecule has 0 unspecified atom stereocenters. The van der Waals surface area contributed by atoms with E-state index in [4.69, 9.17) is 0 Å². The van der Waals surface area contributed by atoms with Gasteiger partial charge in [0.05, 0.1) is 5.56 Å². The maximum atomic E-state index is 2.18. The number of pyridine rings is 1. The number of hydrogen-bond acceptors (Lipinski definition) is 0. The number of benzene rings is 2. The van der Waals surface area contributed by atoms with Crippen LogP contribution in [0.1, 0.15) is 0 Å². The lowest BCUT2D eigenvalue weighted by Gasteiger charge is -2.07. The van der Waals surface area contributed by atoms with Gasteiger partial charge in [-0.25, -0.2) is 4.57 Å². The van der Waals surface area contributed by atoms with E-state index < -0.39 is 0 Å². The molecule has 0 N–H and O–H groups in total. The summed E-state index contributed by atoms with van der Waals surface area (Å²) in [5.41, 5.74) is 4.99. The van der Waals surface area contributed by atoms with Gasteiger partial charge in [-0.05, 0) is 23.8 Å². The fourth-order valence-corrected chi connectivity index (χ4v) is 2.42. The molecule has 100 valence electrons. The van der Waals surface area contributed by atoms with Crippen LogP contribution in [0.5, 0.6) is 0 Å². The van der Waals surface area contributed by atoms with E-state index in [0.29, 0.717) is 0 Å². The highest BCUT2D eigenvalue weighted by Crippen LogP contribution is 2.28. The topological polar surface area (TPSA) is 3.88 Å². The monoisotopic (exact) mass is 325 g/mol. The molecule has 20 heavy (non-hydrogen) atoms. The number of aromatic nitrogens is 1. The molecule has 0 aliphatic rings. The maximum Gasteiger partial charge on any atom is 0.220 e. The van der Waals surface area contributed by atoms with Gasteiger partial charge in [0.1, 0.15) is 7.05 Å². The molecule has 0 atom stereocenters. The lowest BCUT2D eigenvalue weighted by atomic mass is 9.99. The van der Waals surface area contributed by atoms with Crippen molar-refractivity contribution in [2.45, 2.75) is 0 Å². The fourth-order valence-electron chi connectivity index (χ4n) is 2.42. The average Bonchev–Trinajstić information content (AvgIpc) is 2.49. The molecule has 0 aliphatic heterocycles. The molecule has 1 heterocycles. The van der Waals surface area contributed by atoms with Crippen molar-refractivity contribution in [3.05, 3.63) is 79.0 Å². The first-order chi connectivity index (χ1) is 9.36. The third-order valence-corrected chi connectivity index (χ3v) is 3.31. The second-order valence-electron chi connectivity index (χ2n) is 4.61. The molecule has 1 aromatic heterocycles. The number of aryl methyl sites for hydroxylation is 1. The summed E-state index contributed by atoms with van der Waals surface area (Å²) < 4.78 is 2.18. The molecule has 0 amide bonds. The molecule has 1 nitrogen and oxygen atoms in total. The molecular weight excluding hydrogens is 310 g/mol. The Balaban J connectivity index is 0.00000147. The zero-order valence-electron chi connectivity index (χ0n) is 11.3. The summed E-state index contributed by atoms with van der Waals surface area (Å²) in [5.74, 6) is 0. The first kappa shape index (κ1) is 14.5. The number of hydrogen-bond donors (Lipinski definition) is 0.